The van der Waals surface area contributed by atoms with Crippen molar-refractivity contribution >= 4 is 18.9 Å². The predicted molar refractivity (Wildman–Crippen MR) is 15.9 cm³/mol. The van der Waals surface area contributed by atoms with Gasteiger partial charge in [0.05, 0.1) is 0 Å². The van der Waals surface area contributed by atoms with Gasteiger partial charge in [0.1, 0.15) is 0 Å². The molecular formula is H4Co3LiNiO6Ti. The van der Waals surface area contributed by atoms with Gasteiger partial charge in [0.15, 0.2) is 0 Å². The van der Waals surface area contributed by atoms with Crippen LogP contribution >= 0.6 is 0 Å². The van der Waals surface area contributed by atoms with Crippen molar-refractivity contribution in [2.75, 3.05) is 0 Å². The van der Waals surface area contributed by atoms with Crippen molar-refractivity contribution in [3.05, 3.63) is 0 Å². The Hall–Kier alpha value is 2.60. The van der Waals surface area contributed by atoms with Crippen LogP contribution in [-0.4, -0.2) is 31.5 Å². The second-order valence-corrected chi connectivity index (χ2v) is 0.753. The topological polar surface area (TPSA) is 112 Å². The Morgan fingerprint density at radius 1 is 0.750 bits per heavy atom. The van der Waals surface area contributed by atoms with E-state index >= 15 is 0 Å². The summed E-state index contributed by atoms with van der Waals surface area (Å²) in [5.74, 6) is 0. The quantitative estimate of drug-likeness (QED) is 0.389. The molecule has 0 radical (unpaired) electrons. The first-order chi connectivity index (χ1) is 4.24. The molecule has 0 heterocycles. The number of hydrogen-bond acceptors (Lipinski definition) is 3. The third-order valence-corrected chi connectivity index (χ3v) is 0. The molecule has 0 amide bonds. The van der Waals surface area contributed by atoms with E-state index in [-0.39, 0.29) is 57.1 Å². The van der Waals surface area contributed by atoms with E-state index < -0.39 is 44.9 Å². The van der Waals surface area contributed by atoms with Gasteiger partial charge in [-0.05, 0) is 0 Å². The smallest absolute Gasteiger partial charge is 0 e. The molecule has 0 bridgehead atoms. The van der Waals surface area contributed by atoms with Crippen LogP contribution in [0.15, 0.2) is 0 Å². The maximum Gasteiger partial charge on any atom is 0 e. The average Bonchev–Trinajstić information content (AvgIpc) is 1.70. The van der Waals surface area contributed by atoms with Crippen molar-refractivity contribution < 1.29 is 107 Å². The summed E-state index contributed by atoms with van der Waals surface area (Å²) < 4.78 is 46.3. The Bertz CT molecular complexity index is 59.5. The minimum Gasteiger partial charge on any atom is 0 e. The van der Waals surface area contributed by atoms with Crippen molar-refractivity contribution in [2.45, 2.75) is 0 Å². The second-order valence-electron chi connectivity index (χ2n) is 0.183. The van der Waals surface area contributed by atoms with Crippen LogP contribution in [0.4, 0.5) is 0 Å². The summed E-state index contributed by atoms with van der Waals surface area (Å²) in [4.78, 5) is 0. The summed E-state index contributed by atoms with van der Waals surface area (Å²) in [6.45, 7) is 0. The second kappa shape index (κ2) is 68.8. The fourth-order valence-electron chi connectivity index (χ4n) is 0. The van der Waals surface area contributed by atoms with Crippen LogP contribution in [-0.2, 0) is 94.7 Å². The maximum absolute atomic E-state index is 8.45. The summed E-state index contributed by atoms with van der Waals surface area (Å²) in [5.41, 5.74) is 0. The van der Waals surface area contributed by atoms with Crippen LogP contribution in [0.5, 0.6) is 0 Å². The molecule has 0 aliphatic carbocycles. The molecule has 0 unspecified atom stereocenters. The molecule has 0 aromatic rings. The van der Waals surface area contributed by atoms with Crippen LogP contribution < -0.4 is 0 Å². The molecule has 0 aliphatic rings. The largest absolute Gasteiger partial charge is 0 e. The first-order valence-corrected chi connectivity index (χ1v) is 3.53. The monoisotopic (exact) mass is 390 g/mol. The van der Waals surface area contributed by atoms with Gasteiger partial charge in [-0.1, -0.05) is 0 Å². The zero-order chi connectivity index (χ0) is 8.12. The molecular weight excluding hydrogens is 386 g/mol. The van der Waals surface area contributed by atoms with Crippen LogP contribution in [0.2, 0.25) is 0 Å². The molecule has 0 aromatic heterocycles. The first-order valence-electron chi connectivity index (χ1n) is 0.855. The minimum atomic E-state index is -0.812. The van der Waals surface area contributed by atoms with E-state index in [2.05, 4.69) is 0 Å². The van der Waals surface area contributed by atoms with Crippen LogP contribution in [0.1, 0.15) is 0 Å². The Labute approximate surface area is 124 Å². The van der Waals surface area contributed by atoms with E-state index in [0.29, 0.717) is 0 Å². The third kappa shape index (κ3) is 250. The summed E-state index contributed by atoms with van der Waals surface area (Å²) in [5, 5.41) is 0. The standard InChI is InChI=1S/3Co.Li.Ni.3H2O.3O.Ti.H/h;;;;;3*1H2;;;;;/q3*+1;;;;;;;;;;/p-3. The molecule has 0 spiro atoms. The first kappa shape index (κ1) is 36.5. The molecule has 0 aromatic carbocycles. The van der Waals surface area contributed by atoms with Gasteiger partial charge >= 0.3 is 88.0 Å². The van der Waals surface area contributed by atoms with Crippen molar-refractivity contribution in [2.24, 2.45) is 0 Å². The van der Waals surface area contributed by atoms with Crippen molar-refractivity contribution in [3.8, 4) is 0 Å². The van der Waals surface area contributed by atoms with Crippen LogP contribution in [0.25, 0.3) is 0 Å². The molecule has 3 N–H and O–H groups in total. The van der Waals surface area contributed by atoms with Gasteiger partial charge in [-0.15, -0.1) is 0 Å². The van der Waals surface area contributed by atoms with Gasteiger partial charge in [0, 0.05) is 38.2 Å². The maximum atomic E-state index is 8.45. The summed E-state index contributed by atoms with van der Waals surface area (Å²) in [6.07, 6.45) is 0. The minimum absolute atomic E-state index is 0. The van der Waals surface area contributed by atoms with E-state index in [1.165, 1.54) is 0 Å². The van der Waals surface area contributed by atoms with E-state index in [1.54, 1.807) is 0 Å². The van der Waals surface area contributed by atoms with E-state index in [0.717, 1.165) is 0 Å². The third-order valence-electron chi connectivity index (χ3n) is 0. The molecule has 82 valence electrons. The SMILES string of the molecule is [LiH].[Ni].[O]=[Co][OH].[O]=[Co][OH].[O]=[Co][OH].[Ti]. The average molecular weight is 390 g/mol. The van der Waals surface area contributed by atoms with Gasteiger partial charge in [0.25, 0.3) is 0 Å². The van der Waals surface area contributed by atoms with Crippen LogP contribution in [0.3, 0.4) is 0 Å². The Kier molecular flexibility index (Phi) is 209. The molecule has 0 rings (SSSR count). The molecule has 12 heavy (non-hydrogen) atoms. The Morgan fingerprint density at radius 2 is 0.750 bits per heavy atom. The van der Waals surface area contributed by atoms with Crippen molar-refractivity contribution in [1.82, 2.24) is 0 Å². The molecule has 0 atom stereocenters. The molecule has 6 nitrogen and oxygen atoms in total. The zero-order valence-electron chi connectivity index (χ0n) is 4.38. The van der Waals surface area contributed by atoms with Gasteiger partial charge in [-0.3, -0.25) is 0 Å². The van der Waals surface area contributed by atoms with Gasteiger partial charge in [-0.2, -0.15) is 0 Å². The molecule has 0 saturated carbocycles. The number of rotatable bonds is 0. The Balaban J connectivity index is -0.00000001000. The van der Waals surface area contributed by atoms with E-state index in [4.69, 9.17) is 24.3 Å². The van der Waals surface area contributed by atoms with E-state index in [1.807, 2.05) is 0 Å². The summed E-state index contributed by atoms with van der Waals surface area (Å²) in [6, 6.07) is 0. The van der Waals surface area contributed by atoms with Gasteiger partial charge in [-0.25, -0.2) is 0 Å². The molecule has 0 fully saturated rings. The van der Waals surface area contributed by atoms with Crippen molar-refractivity contribution in [1.29, 1.82) is 0 Å². The summed E-state index contributed by atoms with van der Waals surface area (Å²) in [7, 11) is 0. The van der Waals surface area contributed by atoms with Crippen LogP contribution in [0, 0.1) is 0 Å². The molecule has 0 saturated heterocycles. The van der Waals surface area contributed by atoms with Gasteiger partial charge < -0.3 is 0 Å². The fourth-order valence-corrected chi connectivity index (χ4v) is 0. The predicted octanol–water partition coefficient (Wildman–Crippen LogP) is -2.69. The van der Waals surface area contributed by atoms with Crippen molar-refractivity contribution in [3.63, 3.8) is 0 Å². The van der Waals surface area contributed by atoms with Gasteiger partial charge in [0.2, 0.25) is 0 Å². The Morgan fingerprint density at radius 3 is 0.750 bits per heavy atom. The number of hydrogen-bond donors (Lipinski definition) is 3. The summed E-state index contributed by atoms with van der Waals surface area (Å²) >= 11 is -2.44. The normalized spacial score (nSPS) is 5.25. The molecule has 12 heteroatoms. The fraction of sp³-hybridized carbons (Fsp3) is 0. The zero-order valence-corrected chi connectivity index (χ0v) is 10.1. The molecule has 0 aliphatic heterocycles. The van der Waals surface area contributed by atoms with E-state index in [9.17, 15) is 0 Å².